The topological polar surface area (TPSA) is 93.7 Å². The van der Waals surface area contributed by atoms with Gasteiger partial charge in [0.1, 0.15) is 23.1 Å². The summed E-state index contributed by atoms with van der Waals surface area (Å²) < 4.78 is 15.6. The van der Waals surface area contributed by atoms with Crippen molar-refractivity contribution in [3.05, 3.63) is 66.4 Å². The maximum absolute atomic E-state index is 12.3. The number of nitrogens with zero attached hydrogens (tertiary/aromatic N) is 1. The number of rotatable bonds is 8. The van der Waals surface area contributed by atoms with Gasteiger partial charge >= 0.3 is 6.03 Å². The normalized spacial score (nSPS) is 10.1. The average molecular weight is 408 g/mol. The molecule has 0 aliphatic carbocycles. The van der Waals surface area contributed by atoms with Crippen LogP contribution in [0.5, 0.6) is 17.2 Å². The predicted octanol–water partition coefficient (Wildman–Crippen LogP) is 4.36. The summed E-state index contributed by atoms with van der Waals surface area (Å²) in [6, 6.07) is 16.1. The molecule has 3 rings (SSSR count). The highest BCUT2D eigenvalue weighted by atomic mass is 16.5. The highest BCUT2D eigenvalue weighted by Gasteiger charge is 2.07. The number of urea groups is 1. The molecule has 156 valence electrons. The maximum Gasteiger partial charge on any atom is 0.323 e. The highest BCUT2D eigenvalue weighted by molar-refractivity contribution is 5.99. The minimum atomic E-state index is -0.397. The van der Waals surface area contributed by atoms with Crippen LogP contribution in [0.1, 0.15) is 5.56 Å². The van der Waals surface area contributed by atoms with Crippen molar-refractivity contribution in [1.29, 1.82) is 0 Å². The third-order valence-corrected chi connectivity index (χ3v) is 4.26. The van der Waals surface area contributed by atoms with Gasteiger partial charge in [0.2, 0.25) is 0 Å². The Bertz CT molecular complexity index is 953. The number of nitrogens with one attached hydrogen (secondary N) is 3. The zero-order valence-corrected chi connectivity index (χ0v) is 17.1. The molecule has 0 fully saturated rings. The lowest BCUT2D eigenvalue weighted by molar-refractivity contribution is 0.262. The first-order valence-electron chi connectivity index (χ1n) is 9.23. The fraction of sp³-hybridized carbons (Fsp3) is 0.182. The summed E-state index contributed by atoms with van der Waals surface area (Å²) in [5.74, 6) is 2.68. The van der Waals surface area contributed by atoms with Crippen molar-refractivity contribution in [1.82, 2.24) is 4.98 Å². The summed E-state index contributed by atoms with van der Waals surface area (Å²) in [6.45, 7) is 0.627. The molecule has 8 nitrogen and oxygen atoms in total. The van der Waals surface area contributed by atoms with Gasteiger partial charge in [-0.15, -0.1) is 0 Å². The zero-order chi connectivity index (χ0) is 21.3. The van der Waals surface area contributed by atoms with Gasteiger partial charge in [0.25, 0.3) is 0 Å². The lowest BCUT2D eigenvalue weighted by Gasteiger charge is -2.11. The number of hydrogen-bond donors (Lipinski definition) is 3. The molecule has 3 aromatic rings. The number of carbonyl (C=O) groups is 1. The Morgan fingerprint density at radius 1 is 0.800 bits per heavy atom. The molecule has 0 atom stereocenters. The van der Waals surface area contributed by atoms with Crippen LogP contribution in [0, 0.1) is 0 Å². The number of pyridine rings is 1. The number of methoxy groups -OCH3 is 3. The SMILES string of the molecule is COc1ccc(CNc2ccc(NC(=O)Nc3cc(OC)cc(OC)c3)cn2)cc1. The molecule has 2 aromatic carbocycles. The van der Waals surface area contributed by atoms with Crippen molar-refractivity contribution in [3.8, 4) is 17.2 Å². The van der Waals surface area contributed by atoms with Crippen LogP contribution in [0.3, 0.4) is 0 Å². The Morgan fingerprint density at radius 3 is 2.00 bits per heavy atom. The number of amides is 2. The molecule has 0 saturated carbocycles. The number of anilines is 3. The van der Waals surface area contributed by atoms with Crippen LogP contribution >= 0.6 is 0 Å². The molecule has 0 aliphatic rings. The van der Waals surface area contributed by atoms with Crippen molar-refractivity contribution >= 4 is 23.2 Å². The van der Waals surface area contributed by atoms with Gasteiger partial charge in [-0.3, -0.25) is 0 Å². The Hall–Kier alpha value is -3.94. The molecule has 1 heterocycles. The average Bonchev–Trinajstić information content (AvgIpc) is 2.78. The lowest BCUT2D eigenvalue weighted by Crippen LogP contribution is -2.19. The molecule has 0 unspecified atom stereocenters. The quantitative estimate of drug-likeness (QED) is 0.513. The van der Waals surface area contributed by atoms with Crippen LogP contribution in [-0.2, 0) is 6.54 Å². The Labute approximate surface area is 175 Å². The third kappa shape index (κ3) is 5.78. The fourth-order valence-corrected chi connectivity index (χ4v) is 2.68. The molecule has 3 N–H and O–H groups in total. The monoisotopic (exact) mass is 408 g/mol. The standard InChI is InChI=1S/C22H24N4O4/c1-28-18-7-4-15(5-8-18)13-23-21-9-6-16(14-24-21)25-22(27)26-17-10-19(29-2)12-20(11-17)30-3/h4-12,14H,13H2,1-3H3,(H,23,24)(H2,25,26,27). The van der Waals surface area contributed by atoms with Gasteiger partial charge in [-0.2, -0.15) is 0 Å². The van der Waals surface area contributed by atoms with Crippen molar-refractivity contribution in [2.24, 2.45) is 0 Å². The second kappa shape index (κ2) is 10.0. The molecular weight excluding hydrogens is 384 g/mol. The molecule has 30 heavy (non-hydrogen) atoms. The second-order valence-corrected chi connectivity index (χ2v) is 6.31. The first kappa shape index (κ1) is 20.8. The fourth-order valence-electron chi connectivity index (χ4n) is 2.68. The van der Waals surface area contributed by atoms with E-state index < -0.39 is 6.03 Å². The maximum atomic E-state index is 12.3. The van der Waals surface area contributed by atoms with Crippen molar-refractivity contribution in [2.75, 3.05) is 37.3 Å². The smallest absolute Gasteiger partial charge is 0.323 e. The first-order valence-corrected chi connectivity index (χ1v) is 9.23. The number of ether oxygens (including phenoxy) is 3. The summed E-state index contributed by atoms with van der Waals surface area (Å²) in [7, 11) is 4.74. The summed E-state index contributed by atoms with van der Waals surface area (Å²) >= 11 is 0. The van der Waals surface area contributed by atoms with Gasteiger partial charge in [-0.25, -0.2) is 9.78 Å². The minimum absolute atomic E-state index is 0.397. The van der Waals surface area contributed by atoms with E-state index in [9.17, 15) is 4.79 Å². The first-order chi connectivity index (χ1) is 14.6. The van der Waals surface area contributed by atoms with Crippen molar-refractivity contribution in [3.63, 3.8) is 0 Å². The van der Waals surface area contributed by atoms with Crippen molar-refractivity contribution in [2.45, 2.75) is 6.54 Å². The molecule has 0 saturated heterocycles. The predicted molar refractivity (Wildman–Crippen MR) is 117 cm³/mol. The number of benzene rings is 2. The molecule has 8 heteroatoms. The van der Waals surface area contributed by atoms with E-state index >= 15 is 0 Å². The Morgan fingerprint density at radius 2 is 1.43 bits per heavy atom. The van der Waals surface area contributed by atoms with Crippen LogP contribution in [0.4, 0.5) is 22.0 Å². The number of hydrogen-bond acceptors (Lipinski definition) is 6. The summed E-state index contributed by atoms with van der Waals surface area (Å²) in [4.78, 5) is 16.6. The summed E-state index contributed by atoms with van der Waals surface area (Å²) in [5.41, 5.74) is 2.22. The van der Waals surface area contributed by atoms with E-state index in [0.717, 1.165) is 11.3 Å². The van der Waals surface area contributed by atoms with E-state index in [1.54, 1.807) is 57.9 Å². The molecule has 0 bridgehead atoms. The largest absolute Gasteiger partial charge is 0.497 e. The van der Waals surface area contributed by atoms with E-state index in [1.807, 2.05) is 24.3 Å². The van der Waals surface area contributed by atoms with E-state index in [-0.39, 0.29) is 0 Å². The summed E-state index contributed by atoms with van der Waals surface area (Å²) in [6.07, 6.45) is 1.59. The zero-order valence-electron chi connectivity index (χ0n) is 17.1. The number of aromatic nitrogens is 1. The molecular formula is C22H24N4O4. The molecule has 0 spiro atoms. The molecule has 1 aromatic heterocycles. The van der Waals surface area contributed by atoms with E-state index in [4.69, 9.17) is 14.2 Å². The minimum Gasteiger partial charge on any atom is -0.497 e. The van der Waals surface area contributed by atoms with E-state index in [2.05, 4.69) is 20.9 Å². The van der Waals surface area contributed by atoms with Crippen molar-refractivity contribution < 1.29 is 19.0 Å². The van der Waals surface area contributed by atoms with Gasteiger partial charge in [-0.1, -0.05) is 12.1 Å². The van der Waals surface area contributed by atoms with E-state index in [1.165, 1.54) is 0 Å². The van der Waals surface area contributed by atoms with Gasteiger partial charge in [-0.05, 0) is 29.8 Å². The van der Waals surface area contributed by atoms with E-state index in [0.29, 0.717) is 35.2 Å². The Kier molecular flexibility index (Phi) is 6.94. The molecule has 0 aliphatic heterocycles. The van der Waals surface area contributed by atoms with Gasteiger partial charge in [0.15, 0.2) is 0 Å². The van der Waals surface area contributed by atoms with Gasteiger partial charge in [0, 0.05) is 30.4 Å². The Balaban J connectivity index is 1.54. The van der Waals surface area contributed by atoms with Crippen LogP contribution in [0.2, 0.25) is 0 Å². The lowest BCUT2D eigenvalue weighted by atomic mass is 10.2. The van der Waals surface area contributed by atoms with Crippen LogP contribution < -0.4 is 30.2 Å². The van der Waals surface area contributed by atoms with Gasteiger partial charge < -0.3 is 30.2 Å². The molecule has 0 radical (unpaired) electrons. The number of carbonyl (C=O) groups excluding carboxylic acids is 1. The summed E-state index contributed by atoms with van der Waals surface area (Å²) in [5, 5.41) is 8.73. The second-order valence-electron chi connectivity index (χ2n) is 6.31. The van der Waals surface area contributed by atoms with Crippen LogP contribution in [-0.4, -0.2) is 32.3 Å². The third-order valence-electron chi connectivity index (χ3n) is 4.26. The molecule has 2 amide bonds. The highest BCUT2D eigenvalue weighted by Crippen LogP contribution is 2.26. The van der Waals surface area contributed by atoms with Crippen LogP contribution in [0.15, 0.2) is 60.8 Å². The van der Waals surface area contributed by atoms with Gasteiger partial charge in [0.05, 0.1) is 33.2 Å². The van der Waals surface area contributed by atoms with Crippen LogP contribution in [0.25, 0.3) is 0 Å².